The summed E-state index contributed by atoms with van der Waals surface area (Å²) in [5, 5.41) is 6.35. The monoisotopic (exact) mass is 455 g/mol. The van der Waals surface area contributed by atoms with Gasteiger partial charge >= 0.3 is 6.18 Å². The van der Waals surface area contributed by atoms with E-state index in [-0.39, 0.29) is 35.9 Å². The summed E-state index contributed by atoms with van der Waals surface area (Å²) in [4.78, 5) is 12.6. The molecule has 1 heterocycles. The number of hydrogen-bond acceptors (Lipinski definition) is 2. The first-order chi connectivity index (χ1) is 14.7. The average molecular weight is 456 g/mol. The summed E-state index contributed by atoms with van der Waals surface area (Å²) < 4.78 is 40.8. The summed E-state index contributed by atoms with van der Waals surface area (Å²) in [7, 11) is 0. The molecule has 31 heavy (non-hydrogen) atoms. The van der Waals surface area contributed by atoms with E-state index in [1.165, 1.54) is 10.2 Å². The van der Waals surface area contributed by atoms with Crippen LogP contribution in [0, 0.1) is 0 Å². The maximum absolute atomic E-state index is 13.2. The van der Waals surface area contributed by atoms with Gasteiger partial charge in [0.25, 0.3) is 0 Å². The van der Waals surface area contributed by atoms with Crippen molar-refractivity contribution in [3.63, 3.8) is 0 Å². The summed E-state index contributed by atoms with van der Waals surface area (Å²) in [6.07, 6.45) is -1.21. The van der Waals surface area contributed by atoms with E-state index in [9.17, 15) is 18.0 Å². The Kier molecular flexibility index (Phi) is 7.35. The molecule has 4 nitrogen and oxygen atoms in total. The lowest BCUT2D eigenvalue weighted by Gasteiger charge is -2.19. The van der Waals surface area contributed by atoms with E-state index in [1.54, 1.807) is 0 Å². The lowest BCUT2D eigenvalue weighted by atomic mass is 9.95. The molecule has 1 aliphatic rings. The summed E-state index contributed by atoms with van der Waals surface area (Å²) in [5.74, 6) is 0.248. The van der Waals surface area contributed by atoms with Crippen LogP contribution in [0.2, 0.25) is 5.02 Å². The molecular weight excluding hydrogens is 427 g/mol. The Morgan fingerprint density at radius 3 is 2.32 bits per heavy atom. The Balaban J connectivity index is 1.65. The Morgan fingerprint density at radius 2 is 1.81 bits per heavy atom. The van der Waals surface area contributed by atoms with Crippen LogP contribution < -0.4 is 5.32 Å². The van der Waals surface area contributed by atoms with Crippen molar-refractivity contribution >= 4 is 17.5 Å². The second kappa shape index (κ2) is 9.63. The Bertz CT molecular complexity index is 904. The van der Waals surface area contributed by atoms with Crippen molar-refractivity contribution < 1.29 is 18.0 Å². The van der Waals surface area contributed by atoms with Crippen LogP contribution in [-0.2, 0) is 17.5 Å². The molecule has 0 bridgehead atoms. The first-order valence-corrected chi connectivity index (χ1v) is 11.3. The topological polar surface area (TPSA) is 46.9 Å². The zero-order valence-corrected chi connectivity index (χ0v) is 18.9. The highest BCUT2D eigenvalue weighted by atomic mass is 35.5. The van der Waals surface area contributed by atoms with E-state index in [2.05, 4.69) is 36.4 Å². The second-order valence-electron chi connectivity index (χ2n) is 8.30. The largest absolute Gasteiger partial charge is 0.436 e. The van der Waals surface area contributed by atoms with Crippen molar-refractivity contribution in [2.45, 2.75) is 83.5 Å². The van der Waals surface area contributed by atoms with Crippen LogP contribution in [0.1, 0.15) is 93.3 Å². The van der Waals surface area contributed by atoms with Crippen LogP contribution in [0.15, 0.2) is 24.3 Å². The quantitative estimate of drug-likeness (QED) is 0.462. The lowest BCUT2D eigenvalue weighted by molar-refractivity contribution is -0.141. The van der Waals surface area contributed by atoms with E-state index in [0.29, 0.717) is 18.0 Å². The number of carbonyl (C=O) groups is 1. The molecule has 1 fully saturated rings. The highest BCUT2D eigenvalue weighted by Gasteiger charge is 2.42. The third-order valence-corrected chi connectivity index (χ3v) is 6.35. The number of carbonyl (C=O) groups excluding carboxylic acids is 1. The molecule has 2 aromatic rings. The Hall–Kier alpha value is -2.02. The van der Waals surface area contributed by atoms with Crippen LogP contribution in [0.25, 0.3) is 0 Å². The first-order valence-electron chi connectivity index (χ1n) is 10.9. The van der Waals surface area contributed by atoms with Crippen LogP contribution in [0.4, 0.5) is 13.2 Å². The maximum atomic E-state index is 13.2. The highest BCUT2D eigenvalue weighted by molar-refractivity contribution is 6.32. The van der Waals surface area contributed by atoms with Gasteiger partial charge < -0.3 is 5.32 Å². The van der Waals surface area contributed by atoms with E-state index in [1.807, 2.05) is 19.1 Å². The molecule has 0 aliphatic heterocycles. The fourth-order valence-corrected chi connectivity index (χ4v) is 4.14. The molecule has 1 aromatic heterocycles. The smallest absolute Gasteiger partial charge is 0.349 e. The van der Waals surface area contributed by atoms with Gasteiger partial charge in [-0.05, 0) is 42.7 Å². The number of aryl methyl sites for hydroxylation is 1. The summed E-state index contributed by atoms with van der Waals surface area (Å²) in [6.45, 7) is 6.38. The van der Waals surface area contributed by atoms with E-state index < -0.39 is 11.9 Å². The van der Waals surface area contributed by atoms with Gasteiger partial charge in [-0.15, -0.1) is 0 Å². The van der Waals surface area contributed by atoms with Crippen molar-refractivity contribution in [2.75, 3.05) is 0 Å². The predicted octanol–water partition coefficient (Wildman–Crippen LogP) is 6.60. The van der Waals surface area contributed by atoms with Crippen molar-refractivity contribution in [2.24, 2.45) is 0 Å². The molecule has 8 heteroatoms. The van der Waals surface area contributed by atoms with Crippen molar-refractivity contribution in [1.29, 1.82) is 0 Å². The van der Waals surface area contributed by atoms with E-state index in [4.69, 9.17) is 11.6 Å². The SMILES string of the molecule is CCC(C)c1ccc(C(CC)NC(=O)CCn2nc(C(F)(F)F)c(Cl)c2C2CC2)cc1. The minimum atomic E-state index is -4.61. The van der Waals surface area contributed by atoms with Crippen LogP contribution in [0.5, 0.6) is 0 Å². The molecule has 170 valence electrons. The number of benzene rings is 1. The first kappa shape index (κ1) is 23.6. The number of aromatic nitrogens is 2. The molecule has 1 aromatic carbocycles. The Labute approximate surface area is 186 Å². The van der Waals surface area contributed by atoms with Gasteiger partial charge in [-0.25, -0.2) is 0 Å². The molecule has 1 N–H and O–H groups in total. The molecule has 1 amide bonds. The number of halogens is 4. The minimum absolute atomic E-state index is 0.00780. The normalized spacial score (nSPS) is 16.2. The third kappa shape index (κ3) is 5.62. The fourth-order valence-electron chi connectivity index (χ4n) is 3.74. The summed E-state index contributed by atoms with van der Waals surface area (Å²) >= 11 is 5.99. The molecule has 2 unspecified atom stereocenters. The van der Waals surface area contributed by atoms with E-state index >= 15 is 0 Å². The second-order valence-corrected chi connectivity index (χ2v) is 8.68. The number of alkyl halides is 3. The van der Waals surface area contributed by atoms with Gasteiger partial charge in [-0.1, -0.05) is 56.6 Å². The summed E-state index contributed by atoms with van der Waals surface area (Å²) in [6, 6.07) is 8.09. The lowest BCUT2D eigenvalue weighted by Crippen LogP contribution is -2.29. The number of amides is 1. The third-order valence-electron chi connectivity index (χ3n) is 5.98. The van der Waals surface area contributed by atoms with Gasteiger partial charge in [0.1, 0.15) is 0 Å². The maximum Gasteiger partial charge on any atom is 0.436 e. The van der Waals surface area contributed by atoms with Gasteiger partial charge in [0.15, 0.2) is 5.69 Å². The molecular formula is C23H29ClF3N3O. The van der Waals surface area contributed by atoms with Crippen LogP contribution in [-0.4, -0.2) is 15.7 Å². The molecule has 0 spiro atoms. The zero-order chi connectivity index (χ0) is 22.8. The van der Waals surface area contributed by atoms with E-state index in [0.717, 1.165) is 24.8 Å². The molecule has 0 saturated heterocycles. The van der Waals surface area contributed by atoms with Gasteiger partial charge in [0, 0.05) is 12.3 Å². The molecule has 1 aliphatic carbocycles. The summed E-state index contributed by atoms with van der Waals surface area (Å²) in [5.41, 5.74) is 1.61. The predicted molar refractivity (Wildman–Crippen MR) is 115 cm³/mol. The van der Waals surface area contributed by atoms with Crippen LogP contribution in [0.3, 0.4) is 0 Å². The molecule has 2 atom stereocenters. The van der Waals surface area contributed by atoms with Gasteiger partial charge in [0.05, 0.1) is 23.3 Å². The number of nitrogens with zero attached hydrogens (tertiary/aromatic N) is 2. The van der Waals surface area contributed by atoms with Crippen molar-refractivity contribution in [3.05, 3.63) is 51.8 Å². The highest BCUT2D eigenvalue weighted by Crippen LogP contribution is 2.46. The Morgan fingerprint density at radius 1 is 1.19 bits per heavy atom. The standard InChI is InChI=1S/C23H29ClF3N3O/c1-4-14(3)15-6-8-16(9-7-15)18(5-2)28-19(31)12-13-30-21(17-10-11-17)20(24)22(29-30)23(25,26)27/h6-9,14,17-18H,4-5,10-13H2,1-3H3,(H,28,31). The number of nitrogens with one attached hydrogen (secondary N) is 1. The fraction of sp³-hybridized carbons (Fsp3) is 0.565. The molecule has 0 radical (unpaired) electrons. The van der Waals surface area contributed by atoms with Crippen molar-refractivity contribution in [1.82, 2.24) is 15.1 Å². The zero-order valence-electron chi connectivity index (χ0n) is 18.1. The van der Waals surface area contributed by atoms with Crippen molar-refractivity contribution in [3.8, 4) is 0 Å². The van der Waals surface area contributed by atoms with Gasteiger partial charge in [-0.2, -0.15) is 18.3 Å². The molecule has 3 rings (SSSR count). The average Bonchev–Trinajstić information content (AvgIpc) is 3.51. The van der Waals surface area contributed by atoms with Gasteiger partial charge in [-0.3, -0.25) is 9.48 Å². The minimum Gasteiger partial charge on any atom is -0.349 e. The van der Waals surface area contributed by atoms with Gasteiger partial charge in [0.2, 0.25) is 5.91 Å². The molecule has 1 saturated carbocycles. The number of hydrogen-bond donors (Lipinski definition) is 1. The number of rotatable bonds is 9. The van der Waals surface area contributed by atoms with Crippen LogP contribution >= 0.6 is 11.6 Å².